The highest BCUT2D eigenvalue weighted by atomic mass is 16.5. The van der Waals surface area contributed by atoms with Gasteiger partial charge in [0.2, 0.25) is 5.75 Å². The minimum atomic E-state index is -0.577. The van der Waals surface area contributed by atoms with Crippen LogP contribution in [-0.2, 0) is 0 Å². The van der Waals surface area contributed by atoms with E-state index < -0.39 is 5.63 Å². The summed E-state index contributed by atoms with van der Waals surface area (Å²) in [6.45, 7) is 5.10. The van der Waals surface area contributed by atoms with E-state index in [0.717, 1.165) is 19.3 Å². The maximum absolute atomic E-state index is 12.5. The number of phenols is 1. The van der Waals surface area contributed by atoms with Crippen molar-refractivity contribution in [2.75, 3.05) is 13.2 Å². The van der Waals surface area contributed by atoms with Crippen LogP contribution in [0.3, 0.4) is 0 Å². The molecular weight excluding hydrogens is 380 g/mol. The van der Waals surface area contributed by atoms with Gasteiger partial charge in [0, 0.05) is 0 Å². The Kier molecular flexibility index (Phi) is 10.9. The molecule has 0 fully saturated rings. The van der Waals surface area contributed by atoms with Gasteiger partial charge in [0.1, 0.15) is 16.7 Å². The third kappa shape index (κ3) is 7.43. The minimum absolute atomic E-state index is 0.00674. The van der Waals surface area contributed by atoms with Crippen LogP contribution >= 0.6 is 0 Å². The van der Waals surface area contributed by atoms with Crippen LogP contribution in [0.2, 0.25) is 0 Å². The number of unbranched alkanes of at least 4 members (excludes halogenated alkanes) is 7. The van der Waals surface area contributed by atoms with Gasteiger partial charge in [0.15, 0.2) is 5.75 Å². The molecule has 0 bridgehead atoms. The summed E-state index contributed by atoms with van der Waals surface area (Å²) in [6, 6.07) is 4.83. The van der Waals surface area contributed by atoms with E-state index in [0.29, 0.717) is 30.6 Å². The van der Waals surface area contributed by atoms with Gasteiger partial charge in [-0.25, -0.2) is 4.79 Å². The largest absolute Gasteiger partial charge is 0.507 e. The Morgan fingerprint density at radius 2 is 1.60 bits per heavy atom. The van der Waals surface area contributed by atoms with Crippen molar-refractivity contribution in [2.24, 2.45) is 0 Å². The van der Waals surface area contributed by atoms with Crippen molar-refractivity contribution in [1.82, 2.24) is 0 Å². The van der Waals surface area contributed by atoms with E-state index >= 15 is 0 Å². The molecule has 1 N–H and O–H groups in total. The lowest BCUT2D eigenvalue weighted by molar-refractivity contribution is 0.255. The summed E-state index contributed by atoms with van der Waals surface area (Å²) in [5.74, 6) is 0.322. The van der Waals surface area contributed by atoms with E-state index in [1.54, 1.807) is 18.2 Å². The van der Waals surface area contributed by atoms with Crippen LogP contribution in [0.5, 0.6) is 17.2 Å². The highest BCUT2D eigenvalue weighted by Crippen LogP contribution is 2.38. The zero-order valence-corrected chi connectivity index (χ0v) is 18.5. The van der Waals surface area contributed by atoms with Gasteiger partial charge >= 0.3 is 5.63 Å². The molecular formula is C25H36O5. The van der Waals surface area contributed by atoms with Crippen molar-refractivity contribution in [3.63, 3.8) is 0 Å². The van der Waals surface area contributed by atoms with Crippen molar-refractivity contribution < 1.29 is 19.0 Å². The molecule has 0 saturated heterocycles. The number of hydrogen-bond acceptors (Lipinski definition) is 5. The van der Waals surface area contributed by atoms with Gasteiger partial charge in [-0.05, 0) is 31.4 Å². The second-order valence-corrected chi connectivity index (χ2v) is 7.54. The molecule has 166 valence electrons. The molecule has 0 spiro atoms. The van der Waals surface area contributed by atoms with Crippen molar-refractivity contribution >= 4 is 11.0 Å². The summed E-state index contributed by atoms with van der Waals surface area (Å²) in [5.41, 5.74) is -0.287. The first-order valence-electron chi connectivity index (χ1n) is 11.4. The summed E-state index contributed by atoms with van der Waals surface area (Å²) in [6.07, 6.45) is 15.3. The zero-order valence-electron chi connectivity index (χ0n) is 18.5. The molecule has 0 atom stereocenters. The predicted molar refractivity (Wildman–Crippen MR) is 122 cm³/mol. The second-order valence-electron chi connectivity index (χ2n) is 7.54. The molecule has 2 aromatic rings. The Bertz CT molecular complexity index is 837. The summed E-state index contributed by atoms with van der Waals surface area (Å²) in [5, 5.41) is 10.7. The number of allylic oxidation sites excluding steroid dienone is 1. The summed E-state index contributed by atoms with van der Waals surface area (Å²) in [7, 11) is 0. The van der Waals surface area contributed by atoms with E-state index in [-0.39, 0.29) is 17.2 Å². The quantitative estimate of drug-likeness (QED) is 0.197. The molecule has 5 nitrogen and oxygen atoms in total. The monoisotopic (exact) mass is 416 g/mol. The molecule has 5 heteroatoms. The van der Waals surface area contributed by atoms with Crippen molar-refractivity contribution in [2.45, 2.75) is 78.1 Å². The first-order valence-corrected chi connectivity index (χ1v) is 11.4. The van der Waals surface area contributed by atoms with Gasteiger partial charge in [-0.1, -0.05) is 77.0 Å². The summed E-state index contributed by atoms with van der Waals surface area (Å²) in [4.78, 5) is 12.5. The van der Waals surface area contributed by atoms with Gasteiger partial charge in [-0.15, -0.1) is 0 Å². The van der Waals surface area contributed by atoms with Crippen molar-refractivity contribution in [1.29, 1.82) is 0 Å². The molecule has 1 heterocycles. The molecule has 0 aliphatic carbocycles. The first-order chi connectivity index (χ1) is 14.7. The smallest absolute Gasteiger partial charge is 0.383 e. The average Bonchev–Trinajstić information content (AvgIpc) is 2.73. The van der Waals surface area contributed by atoms with E-state index in [1.165, 1.54) is 38.5 Å². The fraction of sp³-hybridized carbons (Fsp3) is 0.560. The standard InChI is InChI=1S/C25H36O5/c1-3-5-7-9-10-11-12-14-19-29-24-23(28-18-13-8-6-4-2)22-20(26)16-15-17-21(22)30-25(24)27/h6,8,15-17,26H,3-5,7,9-14,18-19H2,1-2H3/b8-6+. The zero-order chi connectivity index (χ0) is 21.6. The molecule has 0 aliphatic rings. The van der Waals surface area contributed by atoms with Gasteiger partial charge in [0.05, 0.1) is 13.2 Å². The van der Waals surface area contributed by atoms with E-state index in [4.69, 9.17) is 13.9 Å². The highest BCUT2D eigenvalue weighted by Gasteiger charge is 2.20. The summed E-state index contributed by atoms with van der Waals surface area (Å²) >= 11 is 0. The van der Waals surface area contributed by atoms with Crippen LogP contribution in [0.1, 0.15) is 78.1 Å². The molecule has 0 unspecified atom stereocenters. The lowest BCUT2D eigenvalue weighted by atomic mass is 10.1. The first kappa shape index (κ1) is 23.8. The maximum Gasteiger partial charge on any atom is 0.383 e. The third-order valence-corrected chi connectivity index (χ3v) is 5.00. The molecule has 0 radical (unpaired) electrons. The van der Waals surface area contributed by atoms with Crippen molar-refractivity contribution in [3.05, 3.63) is 40.8 Å². The Labute approximate surface area is 179 Å². The Morgan fingerprint density at radius 3 is 2.33 bits per heavy atom. The van der Waals surface area contributed by atoms with Crippen LogP contribution in [0.25, 0.3) is 11.0 Å². The van der Waals surface area contributed by atoms with E-state index in [2.05, 4.69) is 19.9 Å². The number of benzene rings is 1. The third-order valence-electron chi connectivity index (χ3n) is 5.00. The Morgan fingerprint density at radius 1 is 0.900 bits per heavy atom. The molecule has 0 saturated carbocycles. The number of hydrogen-bond donors (Lipinski definition) is 1. The van der Waals surface area contributed by atoms with Crippen LogP contribution < -0.4 is 15.1 Å². The number of ether oxygens (including phenoxy) is 2. The Balaban J connectivity index is 2.01. The molecule has 0 amide bonds. The van der Waals surface area contributed by atoms with Crippen LogP contribution in [0.4, 0.5) is 0 Å². The predicted octanol–water partition coefficient (Wildman–Crippen LogP) is 6.75. The normalized spacial score (nSPS) is 11.4. The number of rotatable bonds is 15. The van der Waals surface area contributed by atoms with Gasteiger partial charge in [-0.3, -0.25) is 0 Å². The topological polar surface area (TPSA) is 68.9 Å². The van der Waals surface area contributed by atoms with Crippen LogP contribution in [0.15, 0.2) is 39.6 Å². The highest BCUT2D eigenvalue weighted by molar-refractivity contribution is 5.91. The fourth-order valence-electron chi connectivity index (χ4n) is 3.37. The fourth-order valence-corrected chi connectivity index (χ4v) is 3.37. The van der Waals surface area contributed by atoms with Gasteiger partial charge in [-0.2, -0.15) is 0 Å². The van der Waals surface area contributed by atoms with Gasteiger partial charge < -0.3 is 19.0 Å². The SMILES string of the molecule is CC/C=C/CCOc1c(OCCCCCCCCCC)c(=O)oc2cccc(O)c12. The number of aromatic hydroxyl groups is 1. The van der Waals surface area contributed by atoms with E-state index in [9.17, 15) is 9.90 Å². The molecule has 1 aromatic carbocycles. The molecule has 30 heavy (non-hydrogen) atoms. The number of phenolic OH excluding ortho intramolecular Hbond substituents is 1. The number of fused-ring (bicyclic) bond motifs is 1. The molecule has 0 aliphatic heterocycles. The van der Waals surface area contributed by atoms with Gasteiger partial charge in [0.25, 0.3) is 0 Å². The second kappa shape index (κ2) is 13.7. The molecule has 2 rings (SSSR count). The van der Waals surface area contributed by atoms with Crippen LogP contribution in [-0.4, -0.2) is 18.3 Å². The molecule has 1 aromatic heterocycles. The van der Waals surface area contributed by atoms with E-state index in [1.807, 2.05) is 6.08 Å². The minimum Gasteiger partial charge on any atom is -0.507 e. The Hall–Kier alpha value is -2.43. The lowest BCUT2D eigenvalue weighted by Crippen LogP contribution is -2.11. The average molecular weight is 417 g/mol. The maximum atomic E-state index is 12.5. The van der Waals surface area contributed by atoms with Crippen molar-refractivity contribution in [3.8, 4) is 17.2 Å². The lowest BCUT2D eigenvalue weighted by Gasteiger charge is -2.14. The van der Waals surface area contributed by atoms with Crippen LogP contribution in [0, 0.1) is 0 Å². The summed E-state index contributed by atoms with van der Waals surface area (Å²) < 4.78 is 17.0.